The Hall–Kier alpha value is -3.32. The van der Waals surface area contributed by atoms with Crippen LogP contribution in [0.25, 0.3) is 21.5 Å². The second-order valence-electron chi connectivity index (χ2n) is 11.1. The lowest BCUT2D eigenvalue weighted by molar-refractivity contribution is 0.535. The molecule has 4 aromatic carbocycles. The maximum absolute atomic E-state index is 2.49. The van der Waals surface area contributed by atoms with Gasteiger partial charge in [0.05, 0.1) is 0 Å². The minimum absolute atomic E-state index is 0.0434. The molecule has 178 valence electrons. The Bertz CT molecular complexity index is 1460. The summed E-state index contributed by atoms with van der Waals surface area (Å²) in [5.41, 5.74) is 7.01. The Labute approximate surface area is 210 Å². The van der Waals surface area contributed by atoms with Crippen molar-refractivity contribution in [2.75, 3.05) is 11.4 Å². The van der Waals surface area contributed by atoms with Crippen LogP contribution >= 0.6 is 0 Å². The van der Waals surface area contributed by atoms with E-state index >= 15 is 0 Å². The Morgan fingerprint density at radius 2 is 1.46 bits per heavy atom. The molecule has 1 aliphatic heterocycles. The molecular formula is C34H37N. The number of benzene rings is 4. The van der Waals surface area contributed by atoms with Gasteiger partial charge in [0.2, 0.25) is 0 Å². The summed E-state index contributed by atoms with van der Waals surface area (Å²) >= 11 is 0. The lowest BCUT2D eigenvalue weighted by atomic mass is 9.76. The van der Waals surface area contributed by atoms with Crippen molar-refractivity contribution < 1.29 is 0 Å². The summed E-state index contributed by atoms with van der Waals surface area (Å²) in [4.78, 5) is 2.49. The molecule has 4 aromatic rings. The van der Waals surface area contributed by atoms with E-state index in [0.29, 0.717) is 0 Å². The van der Waals surface area contributed by atoms with Crippen LogP contribution in [-0.4, -0.2) is 6.54 Å². The first-order valence-electron chi connectivity index (χ1n) is 12.9. The molecule has 0 radical (unpaired) electrons. The van der Waals surface area contributed by atoms with Gasteiger partial charge in [-0.25, -0.2) is 0 Å². The monoisotopic (exact) mass is 459 g/mol. The number of rotatable bonds is 5. The van der Waals surface area contributed by atoms with Crippen LogP contribution in [0.5, 0.6) is 0 Å². The number of nitrogens with zero attached hydrogens (tertiary/aromatic N) is 1. The quantitative estimate of drug-likeness (QED) is 0.287. The Kier molecular flexibility index (Phi) is 5.83. The van der Waals surface area contributed by atoms with Crippen molar-refractivity contribution in [1.82, 2.24) is 0 Å². The summed E-state index contributed by atoms with van der Waals surface area (Å²) in [6.45, 7) is 15.0. The molecule has 1 heterocycles. The summed E-state index contributed by atoms with van der Waals surface area (Å²) < 4.78 is 0. The van der Waals surface area contributed by atoms with Crippen LogP contribution in [0.3, 0.4) is 0 Å². The zero-order chi connectivity index (χ0) is 24.8. The van der Waals surface area contributed by atoms with Crippen LogP contribution in [0.2, 0.25) is 0 Å². The third kappa shape index (κ3) is 3.88. The summed E-state index contributed by atoms with van der Waals surface area (Å²) in [6, 6.07) is 26.7. The predicted molar refractivity (Wildman–Crippen MR) is 154 cm³/mol. The van der Waals surface area contributed by atoms with Crippen molar-refractivity contribution in [3.05, 3.63) is 113 Å². The maximum Gasteiger partial charge on any atom is 0.0456 e. The molecule has 1 heteroatoms. The number of anilines is 1. The van der Waals surface area contributed by atoms with Gasteiger partial charge in [0.1, 0.15) is 0 Å². The zero-order valence-electron chi connectivity index (χ0n) is 22.0. The minimum atomic E-state index is -0.0434. The van der Waals surface area contributed by atoms with Gasteiger partial charge in [0.15, 0.2) is 0 Å². The summed E-state index contributed by atoms with van der Waals surface area (Å²) in [6.07, 6.45) is 7.99. The summed E-state index contributed by atoms with van der Waals surface area (Å²) in [5, 5.41) is 5.39. The van der Waals surface area contributed by atoms with Gasteiger partial charge in [-0.15, -0.1) is 0 Å². The van der Waals surface area contributed by atoms with E-state index in [1.54, 1.807) is 0 Å². The number of aryl methyl sites for hydroxylation is 1. The molecule has 0 fully saturated rings. The van der Waals surface area contributed by atoms with Crippen LogP contribution in [0.15, 0.2) is 96.7 Å². The molecular weight excluding hydrogens is 422 g/mol. The van der Waals surface area contributed by atoms with Crippen LogP contribution in [-0.2, 0) is 10.8 Å². The van der Waals surface area contributed by atoms with Gasteiger partial charge in [0.25, 0.3) is 0 Å². The van der Waals surface area contributed by atoms with Gasteiger partial charge >= 0.3 is 0 Å². The minimum Gasteiger partial charge on any atom is -0.344 e. The molecule has 0 spiro atoms. The molecule has 0 amide bonds. The normalized spacial score (nSPS) is 16.6. The smallest absolute Gasteiger partial charge is 0.0456 e. The molecule has 0 N–H and O–H groups in total. The van der Waals surface area contributed by atoms with Crippen molar-refractivity contribution in [2.24, 2.45) is 0 Å². The Balaban J connectivity index is 1.48. The lowest BCUT2D eigenvalue weighted by Gasteiger charge is -2.28. The van der Waals surface area contributed by atoms with E-state index in [1.807, 2.05) is 0 Å². The average molecular weight is 460 g/mol. The zero-order valence-corrected chi connectivity index (χ0v) is 22.0. The molecule has 1 aliphatic rings. The fourth-order valence-corrected chi connectivity index (χ4v) is 6.28. The van der Waals surface area contributed by atoms with Crippen molar-refractivity contribution in [3.63, 3.8) is 0 Å². The Morgan fingerprint density at radius 1 is 0.829 bits per heavy atom. The highest BCUT2D eigenvalue weighted by Crippen LogP contribution is 2.50. The fraction of sp³-hybridized carbons (Fsp3) is 0.294. The summed E-state index contributed by atoms with van der Waals surface area (Å²) in [7, 11) is 0. The third-order valence-corrected chi connectivity index (χ3v) is 7.90. The van der Waals surface area contributed by atoms with E-state index in [2.05, 4.69) is 137 Å². The molecule has 0 saturated carbocycles. The Morgan fingerprint density at radius 3 is 2.17 bits per heavy atom. The third-order valence-electron chi connectivity index (χ3n) is 7.90. The largest absolute Gasteiger partial charge is 0.344 e. The summed E-state index contributed by atoms with van der Waals surface area (Å²) in [5.74, 6) is 0. The highest BCUT2D eigenvalue weighted by molar-refractivity contribution is 5.95. The van der Waals surface area contributed by atoms with Crippen LogP contribution < -0.4 is 4.90 Å². The van der Waals surface area contributed by atoms with Crippen molar-refractivity contribution in [2.45, 2.75) is 58.8 Å². The van der Waals surface area contributed by atoms with Gasteiger partial charge in [-0.2, -0.15) is 0 Å². The van der Waals surface area contributed by atoms with Crippen LogP contribution in [0.4, 0.5) is 5.69 Å². The predicted octanol–water partition coefficient (Wildman–Crippen LogP) is 9.23. The molecule has 0 atom stereocenters. The van der Waals surface area contributed by atoms with Gasteiger partial charge in [-0.05, 0) is 76.1 Å². The van der Waals surface area contributed by atoms with Crippen molar-refractivity contribution >= 4 is 27.2 Å². The first-order chi connectivity index (χ1) is 16.8. The molecule has 0 bridgehead atoms. The van der Waals surface area contributed by atoms with Crippen molar-refractivity contribution in [3.8, 4) is 0 Å². The van der Waals surface area contributed by atoms with E-state index < -0.39 is 0 Å². The molecule has 35 heavy (non-hydrogen) atoms. The van der Waals surface area contributed by atoms with Gasteiger partial charge in [0, 0.05) is 23.3 Å². The van der Waals surface area contributed by atoms with Gasteiger partial charge < -0.3 is 4.90 Å². The van der Waals surface area contributed by atoms with Crippen LogP contribution in [0.1, 0.15) is 57.7 Å². The molecule has 1 nitrogen and oxygen atoms in total. The van der Waals surface area contributed by atoms with E-state index in [9.17, 15) is 0 Å². The number of likely N-dealkylation sites (N-methyl/N-ethyl adjacent to an activating group) is 1. The SMILES string of the molecule is CCN1/C(=C/C=C/CC(C)(C)c2c(C)ccc3ccccc23)C(C)(C)c2c1ccc1ccccc21. The standard InChI is InChI=1S/C34H37N/c1-7-35-29-22-21-26-15-9-11-17-28(26)32(29)34(5,6)30(35)18-12-13-23-33(3,4)31-24(2)19-20-25-14-8-10-16-27(25)31/h8-22H,7,23H2,1-6H3/b13-12+,30-18+. The van der Waals surface area contributed by atoms with E-state index in [0.717, 1.165) is 13.0 Å². The first-order valence-corrected chi connectivity index (χ1v) is 12.9. The topological polar surface area (TPSA) is 3.24 Å². The van der Waals surface area contributed by atoms with E-state index in [1.165, 1.54) is 49.6 Å². The number of allylic oxidation sites excluding steroid dienone is 4. The number of hydrogen-bond acceptors (Lipinski definition) is 1. The second-order valence-corrected chi connectivity index (χ2v) is 11.1. The fourth-order valence-electron chi connectivity index (χ4n) is 6.28. The molecule has 0 aromatic heterocycles. The molecule has 5 rings (SSSR count). The van der Waals surface area contributed by atoms with Crippen LogP contribution in [0, 0.1) is 6.92 Å². The lowest BCUT2D eigenvalue weighted by Crippen LogP contribution is -2.25. The second kappa shape index (κ2) is 8.72. The average Bonchev–Trinajstić information content (AvgIpc) is 3.07. The van der Waals surface area contributed by atoms with Gasteiger partial charge in [-0.3, -0.25) is 0 Å². The maximum atomic E-state index is 2.49. The highest BCUT2D eigenvalue weighted by atomic mass is 15.2. The molecule has 0 saturated heterocycles. The van der Waals surface area contributed by atoms with E-state index in [-0.39, 0.29) is 10.8 Å². The number of fused-ring (bicyclic) bond motifs is 4. The number of hydrogen-bond donors (Lipinski definition) is 0. The van der Waals surface area contributed by atoms with Crippen molar-refractivity contribution in [1.29, 1.82) is 0 Å². The highest BCUT2D eigenvalue weighted by Gasteiger charge is 2.40. The van der Waals surface area contributed by atoms with E-state index in [4.69, 9.17) is 0 Å². The van der Waals surface area contributed by atoms with Gasteiger partial charge in [-0.1, -0.05) is 107 Å². The molecule has 0 aliphatic carbocycles. The molecule has 0 unspecified atom stereocenters. The first kappa shape index (κ1) is 23.4.